The molecule has 0 saturated carbocycles. The van der Waals surface area contributed by atoms with Gasteiger partial charge in [0.25, 0.3) is 5.91 Å². The molecule has 0 saturated heterocycles. The van der Waals surface area contributed by atoms with Crippen molar-refractivity contribution in [1.29, 1.82) is 0 Å². The van der Waals surface area contributed by atoms with Gasteiger partial charge in [-0.15, -0.1) is 0 Å². The van der Waals surface area contributed by atoms with Gasteiger partial charge in [0.2, 0.25) is 0 Å². The molecule has 5 heteroatoms. The van der Waals surface area contributed by atoms with Crippen molar-refractivity contribution in [3.05, 3.63) is 22.7 Å². The van der Waals surface area contributed by atoms with Gasteiger partial charge in [-0.3, -0.25) is 4.79 Å². The number of carbonyl (C=O) groups is 1. The van der Waals surface area contributed by atoms with Crippen LogP contribution in [-0.2, 0) is 0 Å². The van der Waals surface area contributed by atoms with Gasteiger partial charge in [0.05, 0.1) is 10.6 Å². The SMILES string of the molecule is CCNC(=O)c1ccc(O)c(O)c1Cl. The lowest BCUT2D eigenvalue weighted by atomic mass is 10.2. The number of hydrogen-bond acceptors (Lipinski definition) is 3. The van der Waals surface area contributed by atoms with Crippen LogP contribution in [0.2, 0.25) is 5.02 Å². The highest BCUT2D eigenvalue weighted by Gasteiger charge is 2.15. The quantitative estimate of drug-likeness (QED) is 0.655. The van der Waals surface area contributed by atoms with Crippen LogP contribution in [0, 0.1) is 0 Å². The van der Waals surface area contributed by atoms with Crippen molar-refractivity contribution < 1.29 is 15.0 Å². The number of halogens is 1. The molecule has 0 aromatic heterocycles. The van der Waals surface area contributed by atoms with Crippen molar-refractivity contribution in [3.63, 3.8) is 0 Å². The van der Waals surface area contributed by atoms with Gasteiger partial charge in [0, 0.05) is 6.54 Å². The molecule has 0 aliphatic carbocycles. The molecule has 1 amide bonds. The molecular weight excluding hydrogens is 206 g/mol. The van der Waals surface area contributed by atoms with Crippen LogP contribution in [0.15, 0.2) is 12.1 Å². The molecule has 0 fully saturated rings. The molecule has 3 N–H and O–H groups in total. The molecule has 0 aliphatic heterocycles. The van der Waals surface area contributed by atoms with Crippen molar-refractivity contribution in [2.75, 3.05) is 6.54 Å². The van der Waals surface area contributed by atoms with Gasteiger partial charge >= 0.3 is 0 Å². The lowest BCUT2D eigenvalue weighted by molar-refractivity contribution is 0.0955. The lowest BCUT2D eigenvalue weighted by Gasteiger charge is -2.06. The van der Waals surface area contributed by atoms with Crippen molar-refractivity contribution >= 4 is 17.5 Å². The fourth-order valence-corrected chi connectivity index (χ4v) is 1.23. The van der Waals surface area contributed by atoms with E-state index < -0.39 is 5.75 Å². The molecule has 0 bridgehead atoms. The van der Waals surface area contributed by atoms with Crippen molar-refractivity contribution in [1.82, 2.24) is 5.32 Å². The Kier molecular flexibility index (Phi) is 3.19. The van der Waals surface area contributed by atoms with Crippen molar-refractivity contribution in [3.8, 4) is 11.5 Å². The van der Waals surface area contributed by atoms with Gasteiger partial charge in [-0.25, -0.2) is 0 Å². The number of carbonyl (C=O) groups excluding carboxylic acids is 1. The number of rotatable bonds is 2. The van der Waals surface area contributed by atoms with Crippen LogP contribution in [0.5, 0.6) is 11.5 Å². The highest BCUT2D eigenvalue weighted by Crippen LogP contribution is 2.35. The maximum absolute atomic E-state index is 11.3. The van der Waals surface area contributed by atoms with Crippen LogP contribution < -0.4 is 5.32 Å². The Balaban J connectivity index is 3.11. The average Bonchev–Trinajstić information content (AvgIpc) is 2.15. The minimum atomic E-state index is -0.476. The van der Waals surface area contributed by atoms with Crippen LogP contribution in [0.25, 0.3) is 0 Å². The van der Waals surface area contributed by atoms with E-state index in [9.17, 15) is 9.90 Å². The third-order valence-electron chi connectivity index (χ3n) is 1.68. The highest BCUT2D eigenvalue weighted by atomic mass is 35.5. The predicted molar refractivity (Wildman–Crippen MR) is 52.8 cm³/mol. The molecule has 0 radical (unpaired) electrons. The first-order valence-corrected chi connectivity index (χ1v) is 4.44. The summed E-state index contributed by atoms with van der Waals surface area (Å²) in [6.07, 6.45) is 0. The fraction of sp³-hybridized carbons (Fsp3) is 0.222. The Bertz CT molecular complexity index is 365. The van der Waals surface area contributed by atoms with Gasteiger partial charge in [-0.05, 0) is 19.1 Å². The number of phenols is 2. The molecule has 1 aromatic carbocycles. The molecule has 0 atom stereocenters. The minimum Gasteiger partial charge on any atom is -0.504 e. The Morgan fingerprint density at radius 2 is 2.14 bits per heavy atom. The molecule has 0 spiro atoms. The summed E-state index contributed by atoms with van der Waals surface area (Å²) in [6, 6.07) is 2.56. The first-order valence-electron chi connectivity index (χ1n) is 4.06. The summed E-state index contributed by atoms with van der Waals surface area (Å²) in [5.74, 6) is -1.20. The topological polar surface area (TPSA) is 69.6 Å². The third-order valence-corrected chi connectivity index (χ3v) is 2.06. The van der Waals surface area contributed by atoms with Crippen LogP contribution in [0.1, 0.15) is 17.3 Å². The second-order valence-electron chi connectivity index (χ2n) is 2.65. The van der Waals surface area contributed by atoms with Gasteiger partial charge in [0.15, 0.2) is 11.5 Å². The van der Waals surface area contributed by atoms with E-state index in [4.69, 9.17) is 16.7 Å². The monoisotopic (exact) mass is 215 g/mol. The Labute approximate surface area is 86.1 Å². The summed E-state index contributed by atoms with van der Waals surface area (Å²) in [4.78, 5) is 11.3. The molecule has 4 nitrogen and oxygen atoms in total. The van der Waals surface area contributed by atoms with E-state index in [1.54, 1.807) is 6.92 Å². The van der Waals surface area contributed by atoms with Crippen LogP contribution in [0.3, 0.4) is 0 Å². The van der Waals surface area contributed by atoms with E-state index in [0.29, 0.717) is 6.54 Å². The molecule has 76 valence electrons. The van der Waals surface area contributed by atoms with Gasteiger partial charge in [-0.1, -0.05) is 11.6 Å². The zero-order valence-electron chi connectivity index (χ0n) is 7.54. The number of phenolic OH excluding ortho intramolecular Hbond substituents is 2. The standard InChI is InChI=1S/C9H10ClNO3/c1-2-11-9(14)5-3-4-6(12)8(13)7(5)10/h3-4,12-13H,2H2,1H3,(H,11,14). The first kappa shape index (κ1) is 10.7. The summed E-state index contributed by atoms with van der Waals surface area (Å²) < 4.78 is 0. The van der Waals surface area contributed by atoms with Crippen molar-refractivity contribution in [2.24, 2.45) is 0 Å². The number of nitrogens with one attached hydrogen (secondary N) is 1. The normalized spacial score (nSPS) is 9.86. The zero-order chi connectivity index (χ0) is 10.7. The minimum absolute atomic E-state index is 0.142. The van der Waals surface area contributed by atoms with Crippen LogP contribution in [-0.4, -0.2) is 22.7 Å². The molecule has 0 unspecified atom stereocenters. The smallest absolute Gasteiger partial charge is 0.252 e. The molecular formula is C9H10ClNO3. The summed E-state index contributed by atoms with van der Waals surface area (Å²) in [6.45, 7) is 2.24. The molecule has 0 aliphatic rings. The second-order valence-corrected chi connectivity index (χ2v) is 3.03. The summed E-state index contributed by atoms with van der Waals surface area (Å²) in [5, 5.41) is 20.7. The molecule has 14 heavy (non-hydrogen) atoms. The molecule has 1 rings (SSSR count). The van der Waals surface area contributed by atoms with E-state index in [1.807, 2.05) is 0 Å². The maximum atomic E-state index is 11.3. The lowest BCUT2D eigenvalue weighted by Crippen LogP contribution is -2.22. The fourth-order valence-electron chi connectivity index (χ4n) is 0.986. The number of benzene rings is 1. The average molecular weight is 216 g/mol. The summed E-state index contributed by atoms with van der Waals surface area (Å²) in [5.41, 5.74) is 0.142. The number of aromatic hydroxyl groups is 2. The van der Waals surface area contributed by atoms with Crippen molar-refractivity contribution in [2.45, 2.75) is 6.92 Å². The first-order chi connectivity index (χ1) is 6.57. The summed E-state index contributed by atoms with van der Waals surface area (Å²) in [7, 11) is 0. The predicted octanol–water partition coefficient (Wildman–Crippen LogP) is 1.50. The molecule has 0 heterocycles. The van der Waals surface area contributed by atoms with E-state index in [-0.39, 0.29) is 22.2 Å². The van der Waals surface area contributed by atoms with Crippen LogP contribution >= 0.6 is 11.6 Å². The molecule has 1 aromatic rings. The Hall–Kier alpha value is -1.42. The number of hydrogen-bond donors (Lipinski definition) is 3. The van der Waals surface area contributed by atoms with Gasteiger partial charge in [0.1, 0.15) is 0 Å². The largest absolute Gasteiger partial charge is 0.504 e. The third kappa shape index (κ3) is 1.90. The van der Waals surface area contributed by atoms with E-state index >= 15 is 0 Å². The second kappa shape index (κ2) is 4.19. The van der Waals surface area contributed by atoms with Crippen LogP contribution in [0.4, 0.5) is 0 Å². The van der Waals surface area contributed by atoms with E-state index in [2.05, 4.69) is 5.32 Å². The van der Waals surface area contributed by atoms with Gasteiger partial charge < -0.3 is 15.5 Å². The van der Waals surface area contributed by atoms with E-state index in [0.717, 1.165) is 0 Å². The van der Waals surface area contributed by atoms with E-state index in [1.165, 1.54) is 12.1 Å². The summed E-state index contributed by atoms with van der Waals surface area (Å²) >= 11 is 5.66. The Morgan fingerprint density at radius 1 is 1.50 bits per heavy atom. The maximum Gasteiger partial charge on any atom is 0.252 e. The number of amides is 1. The highest BCUT2D eigenvalue weighted by molar-refractivity contribution is 6.35. The Morgan fingerprint density at radius 3 is 2.71 bits per heavy atom. The van der Waals surface area contributed by atoms with Gasteiger partial charge in [-0.2, -0.15) is 0 Å². The zero-order valence-corrected chi connectivity index (χ0v) is 8.30.